The van der Waals surface area contributed by atoms with E-state index in [1.165, 1.54) is 12.3 Å². The largest absolute Gasteiger partial charge is 0.353 e. The van der Waals surface area contributed by atoms with Crippen LogP contribution in [0.2, 0.25) is 0 Å². The van der Waals surface area contributed by atoms with Gasteiger partial charge in [-0.1, -0.05) is 0 Å². The third-order valence-electron chi connectivity index (χ3n) is 3.93. The lowest BCUT2D eigenvalue weighted by atomic mass is 10.1. The number of hydrogen-bond donors (Lipinski definition) is 0. The number of aromatic nitrogens is 1. The zero-order valence-electron chi connectivity index (χ0n) is 12.7. The predicted octanol–water partition coefficient (Wildman–Crippen LogP) is 2.19. The second kappa shape index (κ2) is 6.62. The molecular formula is C17H14F2N4O. The summed E-state index contributed by atoms with van der Waals surface area (Å²) in [5, 5.41) is 8.78. The summed E-state index contributed by atoms with van der Waals surface area (Å²) in [5.41, 5.74) is 0.629. The molecule has 0 aliphatic carbocycles. The van der Waals surface area contributed by atoms with Crippen molar-refractivity contribution in [2.75, 3.05) is 31.1 Å². The summed E-state index contributed by atoms with van der Waals surface area (Å²) < 4.78 is 26.2. The highest BCUT2D eigenvalue weighted by Gasteiger charge is 2.23. The molecule has 0 bridgehead atoms. The third kappa shape index (κ3) is 3.18. The Morgan fingerprint density at radius 1 is 1.08 bits per heavy atom. The molecule has 1 amide bonds. The molecule has 2 heterocycles. The monoisotopic (exact) mass is 328 g/mol. The molecule has 5 nitrogen and oxygen atoms in total. The molecule has 0 atom stereocenters. The molecule has 24 heavy (non-hydrogen) atoms. The molecule has 3 rings (SSSR count). The fourth-order valence-electron chi connectivity index (χ4n) is 2.59. The van der Waals surface area contributed by atoms with E-state index in [0.717, 1.165) is 18.0 Å². The van der Waals surface area contributed by atoms with Crippen molar-refractivity contribution < 1.29 is 13.6 Å². The Bertz CT molecular complexity index is 793. The Morgan fingerprint density at radius 3 is 2.42 bits per heavy atom. The maximum absolute atomic E-state index is 13.3. The Morgan fingerprint density at radius 2 is 1.83 bits per heavy atom. The standard InChI is InChI=1S/C17H14F2N4O/c18-14-3-2-13(9-15(14)19)17(24)23-7-5-22(6-8-23)16-4-1-12(10-20)11-21-16/h1-4,9,11H,5-8H2. The lowest BCUT2D eigenvalue weighted by molar-refractivity contribution is 0.0746. The second-order valence-electron chi connectivity index (χ2n) is 5.43. The van der Waals surface area contributed by atoms with Crippen molar-refractivity contribution in [2.45, 2.75) is 0 Å². The Labute approximate surface area is 137 Å². The second-order valence-corrected chi connectivity index (χ2v) is 5.43. The highest BCUT2D eigenvalue weighted by atomic mass is 19.2. The van der Waals surface area contributed by atoms with Gasteiger partial charge >= 0.3 is 0 Å². The normalized spacial score (nSPS) is 14.4. The Kier molecular flexibility index (Phi) is 4.38. The van der Waals surface area contributed by atoms with Gasteiger partial charge in [-0.2, -0.15) is 5.26 Å². The van der Waals surface area contributed by atoms with E-state index in [2.05, 4.69) is 4.98 Å². The molecule has 7 heteroatoms. The molecule has 1 aliphatic rings. The summed E-state index contributed by atoms with van der Waals surface area (Å²) in [7, 11) is 0. The van der Waals surface area contributed by atoms with Crippen molar-refractivity contribution in [3.63, 3.8) is 0 Å². The van der Waals surface area contributed by atoms with Gasteiger partial charge in [0.25, 0.3) is 5.91 Å². The Hall–Kier alpha value is -3.01. The van der Waals surface area contributed by atoms with Gasteiger partial charge in [0.15, 0.2) is 11.6 Å². The number of piperazine rings is 1. The first kappa shape index (κ1) is 15.9. The summed E-state index contributed by atoms with van der Waals surface area (Å²) >= 11 is 0. The summed E-state index contributed by atoms with van der Waals surface area (Å²) in [6, 6.07) is 8.65. The van der Waals surface area contributed by atoms with Gasteiger partial charge in [-0.05, 0) is 30.3 Å². The zero-order valence-corrected chi connectivity index (χ0v) is 12.7. The molecule has 0 N–H and O–H groups in total. The van der Waals surface area contributed by atoms with Crippen LogP contribution in [-0.2, 0) is 0 Å². The Balaban J connectivity index is 1.64. The minimum Gasteiger partial charge on any atom is -0.353 e. The summed E-state index contributed by atoms with van der Waals surface area (Å²) in [4.78, 5) is 20.2. The van der Waals surface area contributed by atoms with Crippen LogP contribution in [0, 0.1) is 23.0 Å². The van der Waals surface area contributed by atoms with Gasteiger partial charge in [-0.3, -0.25) is 4.79 Å². The number of nitrogens with zero attached hydrogens (tertiary/aromatic N) is 4. The molecular weight excluding hydrogens is 314 g/mol. The number of carbonyl (C=O) groups excluding carboxylic acids is 1. The van der Waals surface area contributed by atoms with Gasteiger partial charge in [0.05, 0.1) is 5.56 Å². The van der Waals surface area contributed by atoms with Crippen LogP contribution in [0.3, 0.4) is 0 Å². The summed E-state index contributed by atoms with van der Waals surface area (Å²) in [5.74, 6) is -1.57. The average molecular weight is 328 g/mol. The molecule has 1 saturated heterocycles. The maximum atomic E-state index is 13.3. The number of rotatable bonds is 2. The van der Waals surface area contributed by atoms with Gasteiger partial charge < -0.3 is 9.80 Å². The van der Waals surface area contributed by atoms with Crippen LogP contribution in [0.25, 0.3) is 0 Å². The van der Waals surface area contributed by atoms with Gasteiger partial charge in [0.2, 0.25) is 0 Å². The number of halogens is 2. The van der Waals surface area contributed by atoms with E-state index in [9.17, 15) is 13.6 Å². The van der Waals surface area contributed by atoms with Crippen LogP contribution in [0.4, 0.5) is 14.6 Å². The molecule has 0 saturated carbocycles. The fourth-order valence-corrected chi connectivity index (χ4v) is 2.59. The van der Waals surface area contributed by atoms with Crippen molar-refractivity contribution in [2.24, 2.45) is 0 Å². The van der Waals surface area contributed by atoms with Gasteiger partial charge in [-0.25, -0.2) is 13.8 Å². The van der Waals surface area contributed by atoms with E-state index in [1.54, 1.807) is 17.0 Å². The fraction of sp³-hybridized carbons (Fsp3) is 0.235. The first-order valence-corrected chi connectivity index (χ1v) is 7.44. The summed E-state index contributed by atoms with van der Waals surface area (Å²) in [6.45, 7) is 2.07. The van der Waals surface area contributed by atoms with E-state index >= 15 is 0 Å². The van der Waals surface area contributed by atoms with Gasteiger partial charge in [0, 0.05) is 37.9 Å². The molecule has 0 unspecified atom stereocenters. The number of carbonyl (C=O) groups is 1. The molecule has 122 valence electrons. The highest BCUT2D eigenvalue weighted by molar-refractivity contribution is 5.94. The van der Waals surface area contributed by atoms with E-state index in [4.69, 9.17) is 5.26 Å². The number of hydrogen-bond acceptors (Lipinski definition) is 4. The highest BCUT2D eigenvalue weighted by Crippen LogP contribution is 2.16. The van der Waals surface area contributed by atoms with Crippen molar-refractivity contribution >= 4 is 11.7 Å². The molecule has 0 radical (unpaired) electrons. The predicted molar refractivity (Wildman–Crippen MR) is 83.4 cm³/mol. The zero-order chi connectivity index (χ0) is 17.1. The van der Waals surface area contributed by atoms with E-state index < -0.39 is 11.6 Å². The lowest BCUT2D eigenvalue weighted by Gasteiger charge is -2.35. The minimum absolute atomic E-state index is 0.138. The van der Waals surface area contributed by atoms with Crippen molar-refractivity contribution in [1.82, 2.24) is 9.88 Å². The number of amides is 1. The smallest absolute Gasteiger partial charge is 0.254 e. The first-order valence-electron chi connectivity index (χ1n) is 7.44. The van der Waals surface area contributed by atoms with Crippen LogP contribution in [0.1, 0.15) is 15.9 Å². The van der Waals surface area contributed by atoms with E-state index in [-0.39, 0.29) is 11.5 Å². The maximum Gasteiger partial charge on any atom is 0.254 e. The van der Waals surface area contributed by atoms with E-state index in [0.29, 0.717) is 31.7 Å². The SMILES string of the molecule is N#Cc1ccc(N2CCN(C(=O)c3ccc(F)c(F)c3)CC2)nc1. The number of anilines is 1. The van der Waals surface area contributed by atoms with Crippen molar-refractivity contribution in [3.8, 4) is 6.07 Å². The van der Waals surface area contributed by atoms with Crippen LogP contribution in [0.5, 0.6) is 0 Å². The third-order valence-corrected chi connectivity index (χ3v) is 3.93. The number of nitriles is 1. The van der Waals surface area contributed by atoms with Crippen molar-refractivity contribution in [1.29, 1.82) is 5.26 Å². The molecule has 0 spiro atoms. The lowest BCUT2D eigenvalue weighted by Crippen LogP contribution is -2.49. The molecule has 1 aliphatic heterocycles. The quantitative estimate of drug-likeness (QED) is 0.848. The number of pyridine rings is 1. The van der Waals surface area contributed by atoms with Crippen LogP contribution >= 0.6 is 0 Å². The average Bonchev–Trinajstić information content (AvgIpc) is 2.63. The summed E-state index contributed by atoms with van der Waals surface area (Å²) in [6.07, 6.45) is 1.51. The van der Waals surface area contributed by atoms with Crippen LogP contribution in [-0.4, -0.2) is 42.0 Å². The molecule has 1 aromatic heterocycles. The molecule has 1 aromatic carbocycles. The van der Waals surface area contributed by atoms with Crippen molar-refractivity contribution in [3.05, 3.63) is 59.3 Å². The first-order chi connectivity index (χ1) is 11.6. The number of benzene rings is 1. The molecule has 1 fully saturated rings. The van der Waals surface area contributed by atoms with Crippen LogP contribution < -0.4 is 4.90 Å². The minimum atomic E-state index is -1.03. The van der Waals surface area contributed by atoms with Gasteiger partial charge in [0.1, 0.15) is 11.9 Å². The van der Waals surface area contributed by atoms with Crippen LogP contribution in [0.15, 0.2) is 36.5 Å². The van der Waals surface area contributed by atoms with Gasteiger partial charge in [-0.15, -0.1) is 0 Å². The topological polar surface area (TPSA) is 60.2 Å². The van der Waals surface area contributed by atoms with E-state index in [1.807, 2.05) is 11.0 Å². The molecule has 2 aromatic rings.